The number of ether oxygens (including phenoxy) is 2. The molecule has 0 amide bonds. The number of hydrogen-bond acceptors (Lipinski definition) is 4. The summed E-state index contributed by atoms with van der Waals surface area (Å²) >= 11 is 0. The molecule has 16 heavy (non-hydrogen) atoms. The van der Waals surface area contributed by atoms with Crippen LogP contribution in [0.3, 0.4) is 0 Å². The number of nitrogens with one attached hydrogen (secondary N) is 2. The summed E-state index contributed by atoms with van der Waals surface area (Å²) in [5.74, 6) is 1.65. The minimum atomic E-state index is 0.483. The zero-order chi connectivity index (χ0) is 11.1. The highest BCUT2D eigenvalue weighted by atomic mass is 16.5. The summed E-state index contributed by atoms with van der Waals surface area (Å²) in [6, 6.07) is 0. The number of aromatic amines is 2. The van der Waals surface area contributed by atoms with Gasteiger partial charge in [-0.2, -0.15) is 0 Å². The molecule has 2 heterocycles. The van der Waals surface area contributed by atoms with Crippen molar-refractivity contribution in [2.24, 2.45) is 0 Å². The number of nitrogens with zero attached hydrogens (tertiary/aromatic N) is 2. The van der Waals surface area contributed by atoms with Gasteiger partial charge in [0.15, 0.2) is 0 Å². The van der Waals surface area contributed by atoms with Gasteiger partial charge >= 0.3 is 0 Å². The van der Waals surface area contributed by atoms with Crippen molar-refractivity contribution in [2.75, 3.05) is 13.2 Å². The van der Waals surface area contributed by atoms with Crippen LogP contribution in [0.15, 0.2) is 24.8 Å². The molecule has 0 aliphatic carbocycles. The Morgan fingerprint density at radius 2 is 1.38 bits per heavy atom. The highest BCUT2D eigenvalue weighted by Crippen LogP contribution is 1.94. The van der Waals surface area contributed by atoms with Gasteiger partial charge in [-0.05, 0) is 0 Å². The molecular formula is C10H14N4O2. The number of aromatic nitrogens is 4. The Morgan fingerprint density at radius 1 is 0.875 bits per heavy atom. The minimum Gasteiger partial charge on any atom is -0.371 e. The summed E-state index contributed by atoms with van der Waals surface area (Å²) in [6.07, 6.45) is 6.94. The molecule has 0 fully saturated rings. The van der Waals surface area contributed by atoms with E-state index in [-0.39, 0.29) is 0 Å². The van der Waals surface area contributed by atoms with Crippen LogP contribution in [0.25, 0.3) is 0 Å². The van der Waals surface area contributed by atoms with Crippen LogP contribution in [0, 0.1) is 0 Å². The maximum atomic E-state index is 5.35. The van der Waals surface area contributed by atoms with Crippen molar-refractivity contribution in [2.45, 2.75) is 13.2 Å². The van der Waals surface area contributed by atoms with Gasteiger partial charge in [0.05, 0.1) is 13.2 Å². The fraction of sp³-hybridized carbons (Fsp3) is 0.400. The van der Waals surface area contributed by atoms with Gasteiger partial charge in [-0.15, -0.1) is 0 Å². The molecule has 0 saturated carbocycles. The summed E-state index contributed by atoms with van der Waals surface area (Å²) in [7, 11) is 0. The van der Waals surface area contributed by atoms with Crippen LogP contribution >= 0.6 is 0 Å². The smallest absolute Gasteiger partial charge is 0.132 e. The lowest BCUT2D eigenvalue weighted by Gasteiger charge is -2.03. The Bertz CT molecular complexity index is 333. The average molecular weight is 222 g/mol. The minimum absolute atomic E-state index is 0.483. The zero-order valence-corrected chi connectivity index (χ0v) is 8.85. The maximum Gasteiger partial charge on any atom is 0.132 e. The Kier molecular flexibility index (Phi) is 4.09. The first kappa shape index (κ1) is 10.8. The van der Waals surface area contributed by atoms with Gasteiger partial charge in [0, 0.05) is 24.8 Å². The molecule has 0 saturated heterocycles. The first-order valence-corrected chi connectivity index (χ1v) is 5.07. The van der Waals surface area contributed by atoms with E-state index in [1.807, 2.05) is 0 Å². The van der Waals surface area contributed by atoms with Crippen LogP contribution in [-0.2, 0) is 22.7 Å². The molecule has 2 N–H and O–H groups in total. The fourth-order valence-corrected chi connectivity index (χ4v) is 1.21. The van der Waals surface area contributed by atoms with Crippen LogP contribution in [0.2, 0.25) is 0 Å². The third-order valence-electron chi connectivity index (χ3n) is 1.96. The lowest BCUT2D eigenvalue weighted by molar-refractivity contribution is 0.0301. The van der Waals surface area contributed by atoms with Gasteiger partial charge in [-0.3, -0.25) is 0 Å². The van der Waals surface area contributed by atoms with E-state index < -0.39 is 0 Å². The van der Waals surface area contributed by atoms with E-state index in [4.69, 9.17) is 9.47 Å². The molecule has 6 nitrogen and oxygen atoms in total. The largest absolute Gasteiger partial charge is 0.371 e. The average Bonchev–Trinajstić information content (AvgIpc) is 2.96. The SMILES string of the molecule is c1c[nH]c(COCCOCc2ncc[nH]2)n1. The normalized spacial score (nSPS) is 10.8. The van der Waals surface area contributed by atoms with Gasteiger partial charge in [0.2, 0.25) is 0 Å². The summed E-state index contributed by atoms with van der Waals surface area (Å²) in [4.78, 5) is 14.0. The van der Waals surface area contributed by atoms with Crippen molar-refractivity contribution in [3.63, 3.8) is 0 Å². The van der Waals surface area contributed by atoms with Crippen LogP contribution in [0.5, 0.6) is 0 Å². The van der Waals surface area contributed by atoms with E-state index in [0.29, 0.717) is 26.4 Å². The van der Waals surface area contributed by atoms with E-state index in [9.17, 15) is 0 Å². The molecule has 6 heteroatoms. The van der Waals surface area contributed by atoms with Crippen LogP contribution in [0.1, 0.15) is 11.6 Å². The number of hydrogen-bond donors (Lipinski definition) is 2. The van der Waals surface area contributed by atoms with E-state index in [0.717, 1.165) is 11.6 Å². The predicted octanol–water partition coefficient (Wildman–Crippen LogP) is 0.866. The van der Waals surface area contributed by atoms with E-state index >= 15 is 0 Å². The molecule has 0 spiro atoms. The van der Waals surface area contributed by atoms with Crippen molar-refractivity contribution in [3.8, 4) is 0 Å². The third kappa shape index (κ3) is 3.48. The van der Waals surface area contributed by atoms with Gasteiger partial charge < -0.3 is 19.4 Å². The monoisotopic (exact) mass is 222 g/mol. The van der Waals surface area contributed by atoms with Gasteiger partial charge in [0.1, 0.15) is 24.9 Å². The van der Waals surface area contributed by atoms with Crippen LogP contribution in [-0.4, -0.2) is 33.1 Å². The van der Waals surface area contributed by atoms with Crippen LogP contribution < -0.4 is 0 Å². The molecule has 0 aliphatic heterocycles. The van der Waals surface area contributed by atoms with E-state index in [1.165, 1.54) is 0 Å². The highest BCUT2D eigenvalue weighted by molar-refractivity contribution is 4.84. The van der Waals surface area contributed by atoms with Crippen molar-refractivity contribution in [3.05, 3.63) is 36.4 Å². The van der Waals surface area contributed by atoms with E-state index in [1.54, 1.807) is 24.8 Å². The predicted molar refractivity (Wildman–Crippen MR) is 56.5 cm³/mol. The Labute approximate surface area is 93.0 Å². The first-order chi connectivity index (χ1) is 7.95. The Hall–Kier alpha value is -1.66. The Balaban J connectivity index is 1.49. The molecule has 0 atom stereocenters. The fourth-order valence-electron chi connectivity index (χ4n) is 1.21. The van der Waals surface area contributed by atoms with Crippen molar-refractivity contribution in [1.29, 1.82) is 0 Å². The zero-order valence-electron chi connectivity index (χ0n) is 8.85. The van der Waals surface area contributed by atoms with Crippen molar-refractivity contribution in [1.82, 2.24) is 19.9 Å². The highest BCUT2D eigenvalue weighted by Gasteiger charge is 1.96. The van der Waals surface area contributed by atoms with Gasteiger partial charge in [0.25, 0.3) is 0 Å². The van der Waals surface area contributed by atoms with Gasteiger partial charge in [-0.25, -0.2) is 9.97 Å². The number of rotatable bonds is 7. The summed E-state index contributed by atoms with van der Waals surface area (Å²) < 4.78 is 10.7. The molecule has 2 rings (SSSR count). The second kappa shape index (κ2) is 6.04. The number of H-pyrrole nitrogens is 2. The second-order valence-corrected chi connectivity index (χ2v) is 3.18. The molecule has 0 aromatic carbocycles. The van der Waals surface area contributed by atoms with Crippen molar-refractivity contribution >= 4 is 0 Å². The molecule has 86 valence electrons. The summed E-state index contributed by atoms with van der Waals surface area (Å²) in [6.45, 7) is 2.05. The van der Waals surface area contributed by atoms with Gasteiger partial charge in [-0.1, -0.05) is 0 Å². The summed E-state index contributed by atoms with van der Waals surface area (Å²) in [5, 5.41) is 0. The lowest BCUT2D eigenvalue weighted by Crippen LogP contribution is -2.05. The quantitative estimate of drug-likeness (QED) is 0.681. The van der Waals surface area contributed by atoms with E-state index in [2.05, 4.69) is 19.9 Å². The lowest BCUT2D eigenvalue weighted by atomic mass is 10.6. The topological polar surface area (TPSA) is 75.8 Å². The second-order valence-electron chi connectivity index (χ2n) is 3.18. The molecule has 0 aliphatic rings. The maximum absolute atomic E-state index is 5.35. The van der Waals surface area contributed by atoms with Crippen molar-refractivity contribution < 1.29 is 9.47 Å². The number of imidazole rings is 2. The first-order valence-electron chi connectivity index (χ1n) is 5.07. The molecule has 2 aromatic rings. The Morgan fingerprint density at radius 3 is 1.75 bits per heavy atom. The molecular weight excluding hydrogens is 208 g/mol. The third-order valence-corrected chi connectivity index (χ3v) is 1.96. The molecule has 2 aromatic heterocycles. The molecule has 0 radical (unpaired) electrons. The standard InChI is InChI=1S/C10H14N4O2/c1-2-12-9(11-1)7-15-5-6-16-8-10-13-3-4-14-10/h1-4H,5-8H2,(H,11,12)(H,13,14). The molecule has 0 bridgehead atoms. The molecule has 0 unspecified atom stereocenters. The van der Waals surface area contributed by atoms with Crippen LogP contribution in [0.4, 0.5) is 0 Å². The summed E-state index contributed by atoms with van der Waals surface area (Å²) in [5.41, 5.74) is 0.